The van der Waals surface area contributed by atoms with E-state index < -0.39 is 0 Å². The molecular weight excluding hydrogens is 808 g/mol. The molecule has 1 aliphatic carbocycles. The molecule has 0 bridgehead atoms. The fourth-order valence-corrected chi connectivity index (χ4v) is 13.6. The smallest absolute Gasteiger partial charge is 0.333 e. The summed E-state index contributed by atoms with van der Waals surface area (Å²) in [6, 6.07) is 59.9. The lowest BCUT2D eigenvalue weighted by molar-refractivity contribution is 0.521. The van der Waals surface area contributed by atoms with Gasteiger partial charge in [-0.3, -0.25) is 0 Å². The quantitative estimate of drug-likeness (QED) is 0.162. The van der Waals surface area contributed by atoms with Crippen LogP contribution in [0, 0.1) is 0 Å². The highest BCUT2D eigenvalue weighted by atomic mass is 32.1. The first kappa shape index (κ1) is 37.5. The first-order valence-corrected chi connectivity index (χ1v) is 23.9. The second-order valence-corrected chi connectivity index (χ2v) is 21.9. The van der Waals surface area contributed by atoms with E-state index in [4.69, 9.17) is 4.42 Å². The van der Waals surface area contributed by atoms with Gasteiger partial charge in [0.2, 0.25) is 0 Å². The average Bonchev–Trinajstić information content (AvgIpc) is 3.99. The molecule has 0 N–H and O–H groups in total. The summed E-state index contributed by atoms with van der Waals surface area (Å²) >= 11 is 1.94. The lowest BCUT2D eigenvalue weighted by Gasteiger charge is -2.47. The monoisotopic (exact) mass is 854 g/mol. The number of thiophene rings is 1. The number of aromatic nitrogens is 1. The minimum absolute atomic E-state index is 0.0368. The van der Waals surface area contributed by atoms with Gasteiger partial charge in [0.25, 0.3) is 0 Å². The minimum atomic E-state index is -0.243. The Bertz CT molecular complexity index is 3890. The molecule has 3 aliphatic rings. The summed E-state index contributed by atoms with van der Waals surface area (Å²) in [5.41, 5.74) is 22.1. The molecule has 11 aromatic rings. The molecule has 3 nitrogen and oxygen atoms in total. The molecule has 3 aromatic heterocycles. The van der Waals surface area contributed by atoms with Gasteiger partial charge in [-0.05, 0) is 98.3 Å². The van der Waals surface area contributed by atoms with Crippen LogP contribution in [0.5, 0.6) is 0 Å². The van der Waals surface area contributed by atoms with Crippen molar-refractivity contribution in [2.75, 3.05) is 4.90 Å². The van der Waals surface area contributed by atoms with Gasteiger partial charge in [-0.2, -0.15) is 0 Å². The first-order valence-electron chi connectivity index (χ1n) is 23.1. The van der Waals surface area contributed by atoms with Crippen LogP contribution in [0.3, 0.4) is 0 Å². The van der Waals surface area contributed by atoms with E-state index in [-0.39, 0.29) is 23.1 Å². The normalized spacial score (nSPS) is 15.5. The molecule has 0 saturated carbocycles. The lowest BCUT2D eigenvalue weighted by atomic mass is 9.44. The van der Waals surface area contributed by atoms with Gasteiger partial charge >= 0.3 is 6.85 Å². The number of furan rings is 1. The van der Waals surface area contributed by atoms with Gasteiger partial charge in [-0.1, -0.05) is 158 Å². The van der Waals surface area contributed by atoms with Crippen LogP contribution in [-0.2, 0) is 16.2 Å². The van der Waals surface area contributed by atoms with E-state index in [1.807, 2.05) is 11.3 Å². The molecule has 0 amide bonds. The third-order valence-corrected chi connectivity index (χ3v) is 16.8. The van der Waals surface area contributed by atoms with Crippen molar-refractivity contribution < 1.29 is 4.42 Å². The fourth-order valence-electron chi connectivity index (χ4n) is 12.4. The van der Waals surface area contributed by atoms with Crippen molar-refractivity contribution >= 4 is 99.3 Å². The molecule has 0 radical (unpaired) electrons. The third-order valence-electron chi connectivity index (χ3n) is 15.6. The van der Waals surface area contributed by atoms with Crippen LogP contribution in [-0.4, -0.2) is 11.3 Å². The highest BCUT2D eigenvalue weighted by Crippen LogP contribution is 2.56. The van der Waals surface area contributed by atoms with Crippen molar-refractivity contribution in [1.82, 2.24) is 4.48 Å². The van der Waals surface area contributed by atoms with Crippen molar-refractivity contribution in [3.63, 3.8) is 0 Å². The van der Waals surface area contributed by atoms with Crippen molar-refractivity contribution in [2.45, 2.75) is 64.7 Å². The second kappa shape index (κ2) is 12.5. The van der Waals surface area contributed by atoms with Gasteiger partial charge in [0.15, 0.2) is 5.58 Å². The SMILES string of the molecule is CC(C)(C)c1ccc(N2c3cc4c(cc3B3c5c2cc2c(sc6ccccc62)c5-c2cccc5c6oc7ccccc7c6n3c25)C(C)(C)c2ccccc2C4(C)C)c(-c2ccccc2)c1. The Morgan fingerprint density at radius 3 is 1.98 bits per heavy atom. The summed E-state index contributed by atoms with van der Waals surface area (Å²) in [6.45, 7) is 16.6. The van der Waals surface area contributed by atoms with Gasteiger partial charge in [0.05, 0.1) is 11.2 Å². The van der Waals surface area contributed by atoms with Crippen molar-refractivity contribution in [3.8, 4) is 22.3 Å². The van der Waals surface area contributed by atoms with Crippen LogP contribution < -0.4 is 15.8 Å². The van der Waals surface area contributed by atoms with Crippen molar-refractivity contribution in [2.24, 2.45) is 0 Å². The molecule has 5 heterocycles. The molecule has 312 valence electrons. The Hall–Kier alpha value is -6.82. The summed E-state index contributed by atoms with van der Waals surface area (Å²) in [7, 11) is 0. The first-order chi connectivity index (χ1) is 31.4. The number of hydrogen-bond donors (Lipinski definition) is 0. The third kappa shape index (κ3) is 4.76. The maximum Gasteiger partial charge on any atom is 0.333 e. The summed E-state index contributed by atoms with van der Waals surface area (Å²) < 4.78 is 12.3. The van der Waals surface area contributed by atoms with E-state index in [2.05, 4.69) is 216 Å². The van der Waals surface area contributed by atoms with E-state index in [1.54, 1.807) is 0 Å². The number of anilines is 3. The van der Waals surface area contributed by atoms with E-state index in [0.717, 1.165) is 16.6 Å². The van der Waals surface area contributed by atoms with Gasteiger partial charge < -0.3 is 13.8 Å². The summed E-state index contributed by atoms with van der Waals surface area (Å²) in [5, 5.41) is 4.93. The Morgan fingerprint density at radius 1 is 0.538 bits per heavy atom. The molecule has 2 aliphatic heterocycles. The maximum atomic E-state index is 6.95. The summed E-state index contributed by atoms with van der Waals surface area (Å²) in [6.07, 6.45) is 0. The molecule has 0 atom stereocenters. The molecular formula is C60H47BN2OS. The van der Waals surface area contributed by atoms with Crippen LogP contribution in [0.4, 0.5) is 17.1 Å². The Kier molecular flexibility index (Phi) is 7.22. The van der Waals surface area contributed by atoms with Crippen LogP contribution in [0.1, 0.15) is 76.3 Å². The molecule has 0 spiro atoms. The van der Waals surface area contributed by atoms with Gasteiger partial charge in [-0.15, -0.1) is 11.3 Å². The highest BCUT2D eigenvalue weighted by molar-refractivity contribution is 7.26. The Balaban J connectivity index is 1.21. The van der Waals surface area contributed by atoms with Crippen molar-refractivity contribution in [3.05, 3.63) is 186 Å². The molecule has 0 fully saturated rings. The molecule has 14 rings (SSSR count). The number of rotatable bonds is 2. The standard InChI is InChI=1S/C60H47BN2OS/c1-58(2,3)35-28-29-47(40(30-35)34-18-9-8-10-19-34)62-48-33-45-44(59(4,5)42-24-13-14-25-43(42)60(45,6)7)32-46(48)61-53-49(62)31-41-36-20-12-16-27-51(36)65-57(41)52(53)38-22-17-23-39-54(38)63(61)55-37-21-11-15-26-50(37)64-56(39)55/h8-33H,1-7H3. The van der Waals surface area contributed by atoms with Gasteiger partial charge in [0, 0.05) is 75.4 Å². The number of hydrogen-bond acceptors (Lipinski definition) is 3. The minimum Gasteiger partial charge on any atom is -0.454 e. The van der Waals surface area contributed by atoms with Gasteiger partial charge in [0.1, 0.15) is 5.58 Å². The summed E-state index contributed by atoms with van der Waals surface area (Å²) in [5.74, 6) is 0. The fraction of sp³-hybridized carbons (Fsp3) is 0.167. The maximum absolute atomic E-state index is 6.95. The number of para-hydroxylation sites is 2. The molecule has 8 aromatic carbocycles. The Labute approximate surface area is 383 Å². The zero-order chi connectivity index (χ0) is 43.9. The second-order valence-electron chi connectivity index (χ2n) is 20.8. The van der Waals surface area contributed by atoms with Crippen LogP contribution in [0.25, 0.3) is 75.4 Å². The van der Waals surface area contributed by atoms with Crippen LogP contribution >= 0.6 is 11.3 Å². The van der Waals surface area contributed by atoms with Gasteiger partial charge in [-0.25, -0.2) is 0 Å². The summed E-state index contributed by atoms with van der Waals surface area (Å²) in [4.78, 5) is 2.68. The Morgan fingerprint density at radius 2 is 1.22 bits per heavy atom. The zero-order valence-electron chi connectivity index (χ0n) is 37.8. The van der Waals surface area contributed by atoms with Crippen LogP contribution in [0.2, 0.25) is 0 Å². The molecule has 0 saturated heterocycles. The molecule has 65 heavy (non-hydrogen) atoms. The zero-order valence-corrected chi connectivity index (χ0v) is 38.6. The van der Waals surface area contributed by atoms with Crippen molar-refractivity contribution in [1.29, 1.82) is 0 Å². The number of nitrogens with zero attached hydrogens (tertiary/aromatic N) is 2. The number of benzene rings is 8. The molecule has 5 heteroatoms. The van der Waals surface area contributed by atoms with E-state index >= 15 is 0 Å². The van der Waals surface area contributed by atoms with E-state index in [1.165, 1.54) is 115 Å². The van der Waals surface area contributed by atoms with Crippen LogP contribution in [0.15, 0.2) is 162 Å². The average molecular weight is 855 g/mol. The lowest BCUT2D eigenvalue weighted by Crippen LogP contribution is -2.57. The van der Waals surface area contributed by atoms with E-state index in [0.29, 0.717) is 0 Å². The number of fused-ring (bicyclic) bond motifs is 15. The highest BCUT2D eigenvalue weighted by Gasteiger charge is 2.49. The largest absolute Gasteiger partial charge is 0.454 e. The van der Waals surface area contributed by atoms with E-state index in [9.17, 15) is 0 Å². The predicted octanol–water partition coefficient (Wildman–Crippen LogP) is 15.3. The topological polar surface area (TPSA) is 21.3 Å². The predicted molar refractivity (Wildman–Crippen MR) is 277 cm³/mol. The molecule has 0 unspecified atom stereocenters.